The van der Waals surface area contributed by atoms with E-state index in [1.807, 2.05) is 31.0 Å². The monoisotopic (exact) mass is 343 g/mol. The Bertz CT molecular complexity index is 744. The Hall–Kier alpha value is -2.05. The Labute approximate surface area is 145 Å². The van der Waals surface area contributed by atoms with Crippen molar-refractivity contribution in [2.75, 3.05) is 7.05 Å². The van der Waals surface area contributed by atoms with E-state index in [1.54, 1.807) is 23.7 Å². The molecule has 2 atom stereocenters. The molecule has 126 valence electrons. The number of rotatable bonds is 5. The van der Waals surface area contributed by atoms with Gasteiger partial charge in [-0.3, -0.25) is 24.4 Å². The van der Waals surface area contributed by atoms with E-state index in [-0.39, 0.29) is 24.3 Å². The van der Waals surface area contributed by atoms with E-state index >= 15 is 0 Å². The van der Waals surface area contributed by atoms with Crippen molar-refractivity contribution in [3.05, 3.63) is 52.0 Å². The highest BCUT2D eigenvalue weighted by Gasteiger charge is 2.43. The Morgan fingerprint density at radius 3 is 2.83 bits per heavy atom. The molecule has 1 fully saturated rings. The van der Waals surface area contributed by atoms with E-state index in [0.717, 1.165) is 5.56 Å². The second-order valence-corrected chi connectivity index (χ2v) is 7.23. The summed E-state index contributed by atoms with van der Waals surface area (Å²) < 4.78 is 0. The molecular weight excluding hydrogens is 322 g/mol. The molecule has 3 rings (SSSR count). The second kappa shape index (κ2) is 6.83. The number of carbonyl (C=O) groups excluding carboxylic acids is 2. The van der Waals surface area contributed by atoms with Gasteiger partial charge in [0.05, 0.1) is 18.5 Å². The van der Waals surface area contributed by atoms with Gasteiger partial charge in [0.1, 0.15) is 0 Å². The molecular formula is C18H21N3O2S. The number of hydrogen-bond donors (Lipinski definition) is 0. The van der Waals surface area contributed by atoms with Crippen LogP contribution in [0.4, 0.5) is 0 Å². The maximum atomic E-state index is 12.8. The third kappa shape index (κ3) is 3.12. The third-order valence-electron chi connectivity index (χ3n) is 4.61. The topological polar surface area (TPSA) is 53.5 Å². The summed E-state index contributed by atoms with van der Waals surface area (Å²) in [6, 6.07) is 5.11. The first kappa shape index (κ1) is 16.8. The summed E-state index contributed by atoms with van der Waals surface area (Å²) in [6.45, 7) is 4.62. The van der Waals surface area contributed by atoms with E-state index < -0.39 is 6.04 Å². The van der Waals surface area contributed by atoms with Crippen LogP contribution in [0.3, 0.4) is 0 Å². The van der Waals surface area contributed by atoms with Gasteiger partial charge in [-0.1, -0.05) is 6.07 Å². The van der Waals surface area contributed by atoms with Gasteiger partial charge in [0.2, 0.25) is 11.8 Å². The van der Waals surface area contributed by atoms with Crippen LogP contribution in [0.1, 0.15) is 35.4 Å². The van der Waals surface area contributed by atoms with Crippen molar-refractivity contribution in [2.24, 2.45) is 0 Å². The van der Waals surface area contributed by atoms with Gasteiger partial charge in [0.15, 0.2) is 0 Å². The summed E-state index contributed by atoms with van der Waals surface area (Å²) in [4.78, 5) is 34.0. The molecule has 1 saturated heterocycles. The number of likely N-dealkylation sites (tertiary alicyclic amines) is 1. The molecule has 24 heavy (non-hydrogen) atoms. The lowest BCUT2D eigenvalue weighted by Crippen LogP contribution is -2.40. The molecule has 2 unspecified atom stereocenters. The molecule has 0 spiro atoms. The standard InChI is InChI=1S/C18H21N3O2S/c1-12-6-8-24-16(12)11-20(3)15-9-17(22)21(18(15)23)13(2)14-5-4-7-19-10-14/h4-8,10,13,15H,9,11H2,1-3H3. The van der Waals surface area contributed by atoms with E-state index in [4.69, 9.17) is 0 Å². The summed E-state index contributed by atoms with van der Waals surface area (Å²) in [5.41, 5.74) is 2.10. The van der Waals surface area contributed by atoms with Crippen LogP contribution in [0.2, 0.25) is 0 Å². The molecule has 0 aromatic carbocycles. The number of aromatic nitrogens is 1. The smallest absolute Gasteiger partial charge is 0.247 e. The maximum Gasteiger partial charge on any atom is 0.247 e. The van der Waals surface area contributed by atoms with Crippen molar-refractivity contribution in [3.63, 3.8) is 0 Å². The number of aryl methyl sites for hydroxylation is 1. The maximum absolute atomic E-state index is 12.8. The summed E-state index contributed by atoms with van der Waals surface area (Å²) >= 11 is 1.68. The highest BCUT2D eigenvalue weighted by atomic mass is 32.1. The Balaban J connectivity index is 1.75. The lowest BCUT2D eigenvalue weighted by atomic mass is 10.1. The quantitative estimate of drug-likeness (QED) is 0.784. The van der Waals surface area contributed by atoms with Crippen LogP contribution in [0.5, 0.6) is 0 Å². The fourth-order valence-corrected chi connectivity index (χ4v) is 4.03. The first-order valence-corrected chi connectivity index (χ1v) is 8.86. The number of nitrogens with zero attached hydrogens (tertiary/aromatic N) is 3. The lowest BCUT2D eigenvalue weighted by Gasteiger charge is -2.26. The molecule has 0 N–H and O–H groups in total. The van der Waals surface area contributed by atoms with Gasteiger partial charge in [-0.2, -0.15) is 0 Å². The normalized spacial score (nSPS) is 19.3. The van der Waals surface area contributed by atoms with Crippen LogP contribution in [-0.4, -0.2) is 39.7 Å². The molecule has 0 bridgehead atoms. The number of carbonyl (C=O) groups is 2. The van der Waals surface area contributed by atoms with Crippen molar-refractivity contribution in [3.8, 4) is 0 Å². The summed E-state index contributed by atoms with van der Waals surface area (Å²) in [5, 5.41) is 2.05. The SMILES string of the molecule is Cc1ccsc1CN(C)C1CC(=O)N(C(C)c2cccnc2)C1=O. The highest BCUT2D eigenvalue weighted by molar-refractivity contribution is 7.10. The minimum absolute atomic E-state index is 0.115. The molecule has 5 nitrogen and oxygen atoms in total. The first-order chi connectivity index (χ1) is 11.5. The van der Waals surface area contributed by atoms with Crippen LogP contribution >= 0.6 is 11.3 Å². The molecule has 0 radical (unpaired) electrons. The number of thiophene rings is 1. The predicted octanol–water partition coefficient (Wildman–Crippen LogP) is 2.77. The molecule has 1 aliphatic rings. The summed E-state index contributed by atoms with van der Waals surface area (Å²) in [6.07, 6.45) is 3.63. The average Bonchev–Trinajstić information content (AvgIpc) is 3.11. The second-order valence-electron chi connectivity index (χ2n) is 6.23. The van der Waals surface area contributed by atoms with Crippen LogP contribution in [0.25, 0.3) is 0 Å². The average molecular weight is 343 g/mol. The summed E-state index contributed by atoms with van der Waals surface area (Å²) in [5.74, 6) is -0.232. The highest BCUT2D eigenvalue weighted by Crippen LogP contribution is 2.29. The fraction of sp³-hybridized carbons (Fsp3) is 0.389. The molecule has 3 heterocycles. The van der Waals surface area contributed by atoms with Gasteiger partial charge in [-0.15, -0.1) is 11.3 Å². The number of hydrogen-bond acceptors (Lipinski definition) is 5. The Morgan fingerprint density at radius 2 is 2.21 bits per heavy atom. The number of pyridine rings is 1. The van der Waals surface area contributed by atoms with Crippen LogP contribution in [0.15, 0.2) is 36.0 Å². The molecule has 2 aromatic heterocycles. The zero-order chi connectivity index (χ0) is 17.3. The number of amides is 2. The van der Waals surface area contributed by atoms with Crippen molar-refractivity contribution in [2.45, 2.75) is 38.9 Å². The lowest BCUT2D eigenvalue weighted by molar-refractivity contribution is -0.142. The third-order valence-corrected chi connectivity index (χ3v) is 5.61. The van der Waals surface area contributed by atoms with Crippen LogP contribution in [0, 0.1) is 6.92 Å². The summed E-state index contributed by atoms with van der Waals surface area (Å²) in [7, 11) is 1.91. The van der Waals surface area contributed by atoms with Gasteiger partial charge < -0.3 is 0 Å². The van der Waals surface area contributed by atoms with Crippen LogP contribution < -0.4 is 0 Å². The minimum atomic E-state index is -0.391. The zero-order valence-corrected chi connectivity index (χ0v) is 14.9. The van der Waals surface area contributed by atoms with E-state index in [2.05, 4.69) is 23.4 Å². The predicted molar refractivity (Wildman–Crippen MR) is 93.4 cm³/mol. The number of likely N-dealkylation sites (N-methyl/N-ethyl adjacent to an activating group) is 1. The van der Waals surface area contributed by atoms with E-state index in [9.17, 15) is 9.59 Å². The van der Waals surface area contributed by atoms with Gasteiger partial charge >= 0.3 is 0 Å². The Kier molecular flexibility index (Phi) is 4.78. The van der Waals surface area contributed by atoms with E-state index in [0.29, 0.717) is 6.54 Å². The van der Waals surface area contributed by atoms with Crippen molar-refractivity contribution in [1.29, 1.82) is 0 Å². The van der Waals surface area contributed by atoms with Gasteiger partial charge in [0, 0.05) is 23.8 Å². The Morgan fingerprint density at radius 1 is 1.42 bits per heavy atom. The minimum Gasteiger partial charge on any atom is -0.289 e. The van der Waals surface area contributed by atoms with Gasteiger partial charge in [0.25, 0.3) is 0 Å². The molecule has 1 aliphatic heterocycles. The van der Waals surface area contributed by atoms with Crippen molar-refractivity contribution < 1.29 is 9.59 Å². The molecule has 2 amide bonds. The first-order valence-electron chi connectivity index (χ1n) is 7.98. The zero-order valence-electron chi connectivity index (χ0n) is 14.1. The van der Waals surface area contributed by atoms with Gasteiger partial charge in [-0.25, -0.2) is 0 Å². The molecule has 6 heteroatoms. The van der Waals surface area contributed by atoms with Crippen molar-refractivity contribution >= 4 is 23.2 Å². The van der Waals surface area contributed by atoms with Crippen molar-refractivity contribution in [1.82, 2.24) is 14.8 Å². The largest absolute Gasteiger partial charge is 0.289 e. The van der Waals surface area contributed by atoms with Crippen LogP contribution in [-0.2, 0) is 16.1 Å². The number of imide groups is 1. The molecule has 0 saturated carbocycles. The fourth-order valence-electron chi connectivity index (χ4n) is 3.06. The molecule has 2 aromatic rings. The van der Waals surface area contributed by atoms with E-state index in [1.165, 1.54) is 15.3 Å². The van der Waals surface area contributed by atoms with Gasteiger partial charge in [-0.05, 0) is 49.5 Å². The molecule has 0 aliphatic carbocycles.